The largest absolute Gasteiger partial charge is 0.466 e. The Bertz CT molecular complexity index is 747. The summed E-state index contributed by atoms with van der Waals surface area (Å²) in [4.78, 5) is 6.24. The van der Waals surface area contributed by atoms with Gasteiger partial charge in [0.25, 0.3) is 0 Å². The number of hydrogen-bond acceptors (Lipinski definition) is 5. The van der Waals surface area contributed by atoms with Crippen LogP contribution in [0.15, 0.2) is 46.0 Å². The molecule has 142 valence electrons. The minimum Gasteiger partial charge on any atom is -0.466 e. The lowest BCUT2D eigenvalue weighted by molar-refractivity contribution is 0.0381. The van der Waals surface area contributed by atoms with E-state index in [1.807, 2.05) is 30.1 Å². The van der Waals surface area contributed by atoms with Crippen LogP contribution in [0.4, 0.5) is 0 Å². The second kappa shape index (κ2) is 8.63. The molecule has 1 atom stereocenters. The lowest BCUT2D eigenvalue weighted by atomic mass is 10.0. The van der Waals surface area contributed by atoms with Gasteiger partial charge in [0.2, 0.25) is 6.79 Å². The average Bonchev–Trinajstić information content (AvgIpc) is 3.27. The first kappa shape index (κ1) is 20.4. The summed E-state index contributed by atoms with van der Waals surface area (Å²) in [5, 5.41) is 13.7. The number of rotatable bonds is 5. The Hall–Kier alpha value is -1.94. The highest BCUT2D eigenvalue weighted by molar-refractivity contribution is 14.0. The van der Waals surface area contributed by atoms with Crippen LogP contribution in [-0.2, 0) is 12.1 Å². The molecule has 1 aliphatic heterocycles. The molecule has 0 fully saturated rings. The predicted molar refractivity (Wildman–Crippen MR) is 109 cm³/mol. The predicted octanol–water partition coefficient (Wildman–Crippen LogP) is 2.54. The minimum atomic E-state index is -1.13. The quantitative estimate of drug-likeness (QED) is 0.395. The van der Waals surface area contributed by atoms with E-state index in [4.69, 9.17) is 13.9 Å². The van der Waals surface area contributed by atoms with Crippen molar-refractivity contribution in [1.29, 1.82) is 0 Å². The van der Waals surface area contributed by atoms with Crippen LogP contribution < -0.4 is 14.8 Å². The minimum absolute atomic E-state index is 0. The Morgan fingerprint density at radius 2 is 2.08 bits per heavy atom. The SMILES string of the molecule is CN=C(NCC(C)(O)c1ccco1)N(C)Cc1ccc2c(c1)OCO2.I. The molecule has 0 bridgehead atoms. The van der Waals surface area contributed by atoms with Crippen molar-refractivity contribution < 1.29 is 19.0 Å². The van der Waals surface area contributed by atoms with Gasteiger partial charge in [-0.3, -0.25) is 4.99 Å². The van der Waals surface area contributed by atoms with Crippen LogP contribution in [0.5, 0.6) is 11.5 Å². The summed E-state index contributed by atoms with van der Waals surface area (Å²) in [6, 6.07) is 9.37. The maximum atomic E-state index is 10.5. The summed E-state index contributed by atoms with van der Waals surface area (Å²) < 4.78 is 16.0. The van der Waals surface area contributed by atoms with Crippen LogP contribution >= 0.6 is 24.0 Å². The average molecular weight is 473 g/mol. The third kappa shape index (κ3) is 4.61. The molecular formula is C18H24IN3O4. The van der Waals surface area contributed by atoms with Gasteiger partial charge >= 0.3 is 0 Å². The zero-order chi connectivity index (χ0) is 17.9. The number of nitrogens with one attached hydrogen (secondary N) is 1. The fourth-order valence-electron chi connectivity index (χ4n) is 2.70. The van der Waals surface area contributed by atoms with Crippen molar-refractivity contribution in [1.82, 2.24) is 10.2 Å². The van der Waals surface area contributed by atoms with Gasteiger partial charge in [0.1, 0.15) is 11.4 Å². The fourth-order valence-corrected chi connectivity index (χ4v) is 2.70. The van der Waals surface area contributed by atoms with Crippen LogP contribution in [-0.4, -0.2) is 43.4 Å². The fraction of sp³-hybridized carbons (Fsp3) is 0.389. The molecule has 26 heavy (non-hydrogen) atoms. The highest BCUT2D eigenvalue weighted by atomic mass is 127. The summed E-state index contributed by atoms with van der Waals surface area (Å²) in [6.45, 7) is 2.88. The van der Waals surface area contributed by atoms with Crippen molar-refractivity contribution in [3.05, 3.63) is 47.9 Å². The Balaban J connectivity index is 0.00000243. The molecule has 0 saturated carbocycles. The number of ether oxygens (including phenoxy) is 2. The summed E-state index contributed by atoms with van der Waals surface area (Å²) in [5.41, 5.74) is -0.0496. The summed E-state index contributed by atoms with van der Waals surface area (Å²) in [6.07, 6.45) is 1.55. The maximum absolute atomic E-state index is 10.5. The second-order valence-electron chi connectivity index (χ2n) is 6.20. The van der Waals surface area contributed by atoms with Gasteiger partial charge in [-0.25, -0.2) is 0 Å². The molecule has 0 saturated heterocycles. The highest BCUT2D eigenvalue weighted by Crippen LogP contribution is 2.32. The molecule has 0 amide bonds. The molecule has 2 N–H and O–H groups in total. The molecule has 1 unspecified atom stereocenters. The molecule has 2 heterocycles. The van der Waals surface area contributed by atoms with Crippen molar-refractivity contribution in [3.63, 3.8) is 0 Å². The number of benzene rings is 1. The topological polar surface area (TPSA) is 79.5 Å². The Labute approximate surface area is 170 Å². The third-order valence-electron chi connectivity index (χ3n) is 4.07. The van der Waals surface area contributed by atoms with E-state index in [1.54, 1.807) is 32.4 Å². The monoisotopic (exact) mass is 473 g/mol. The first-order chi connectivity index (χ1) is 12.0. The number of aliphatic imine (C=N–C) groups is 1. The number of aliphatic hydroxyl groups is 1. The Morgan fingerprint density at radius 3 is 2.77 bits per heavy atom. The second-order valence-corrected chi connectivity index (χ2v) is 6.20. The molecule has 1 aliphatic rings. The van der Waals surface area contributed by atoms with Crippen LogP contribution in [0.2, 0.25) is 0 Å². The molecule has 1 aromatic carbocycles. The number of nitrogens with zero attached hydrogens (tertiary/aromatic N) is 2. The first-order valence-electron chi connectivity index (χ1n) is 8.06. The summed E-state index contributed by atoms with van der Waals surface area (Å²) in [7, 11) is 3.64. The van der Waals surface area contributed by atoms with Gasteiger partial charge in [-0.15, -0.1) is 24.0 Å². The smallest absolute Gasteiger partial charge is 0.231 e. The molecule has 2 aromatic rings. The number of guanidine groups is 1. The van der Waals surface area contributed by atoms with E-state index in [-0.39, 0.29) is 37.3 Å². The van der Waals surface area contributed by atoms with E-state index in [0.29, 0.717) is 18.3 Å². The normalized spacial score (nSPS) is 15.2. The van der Waals surface area contributed by atoms with E-state index >= 15 is 0 Å². The number of halogens is 1. The van der Waals surface area contributed by atoms with E-state index < -0.39 is 5.60 Å². The van der Waals surface area contributed by atoms with Crippen LogP contribution in [0.1, 0.15) is 18.2 Å². The number of fused-ring (bicyclic) bond motifs is 1. The van der Waals surface area contributed by atoms with Crippen molar-refractivity contribution in [2.75, 3.05) is 27.4 Å². The number of hydrogen-bond donors (Lipinski definition) is 2. The zero-order valence-electron chi connectivity index (χ0n) is 15.1. The highest BCUT2D eigenvalue weighted by Gasteiger charge is 2.27. The molecule has 0 radical (unpaired) electrons. The number of furan rings is 1. The van der Waals surface area contributed by atoms with Gasteiger partial charge in [0.15, 0.2) is 17.5 Å². The third-order valence-corrected chi connectivity index (χ3v) is 4.07. The molecule has 0 spiro atoms. The Morgan fingerprint density at radius 1 is 1.31 bits per heavy atom. The van der Waals surface area contributed by atoms with E-state index in [2.05, 4.69) is 10.3 Å². The van der Waals surface area contributed by atoms with Gasteiger partial charge in [0, 0.05) is 20.6 Å². The summed E-state index contributed by atoms with van der Waals surface area (Å²) in [5.74, 6) is 2.70. The molecule has 1 aromatic heterocycles. The first-order valence-corrected chi connectivity index (χ1v) is 8.06. The summed E-state index contributed by atoms with van der Waals surface area (Å²) >= 11 is 0. The Kier molecular flexibility index (Phi) is 6.76. The molecule has 8 heteroatoms. The van der Waals surface area contributed by atoms with Crippen LogP contribution in [0, 0.1) is 0 Å². The van der Waals surface area contributed by atoms with Gasteiger partial charge in [-0.2, -0.15) is 0 Å². The molecule has 7 nitrogen and oxygen atoms in total. The van der Waals surface area contributed by atoms with Gasteiger partial charge in [-0.05, 0) is 36.8 Å². The van der Waals surface area contributed by atoms with E-state index in [9.17, 15) is 5.11 Å². The van der Waals surface area contributed by atoms with Crippen molar-refractivity contribution in [2.24, 2.45) is 4.99 Å². The van der Waals surface area contributed by atoms with Crippen molar-refractivity contribution in [2.45, 2.75) is 19.1 Å². The van der Waals surface area contributed by atoms with Gasteiger partial charge < -0.3 is 29.2 Å². The van der Waals surface area contributed by atoms with Crippen molar-refractivity contribution in [3.8, 4) is 11.5 Å². The van der Waals surface area contributed by atoms with Crippen LogP contribution in [0.3, 0.4) is 0 Å². The lowest BCUT2D eigenvalue weighted by Gasteiger charge is -2.26. The van der Waals surface area contributed by atoms with Gasteiger partial charge in [-0.1, -0.05) is 6.07 Å². The van der Waals surface area contributed by atoms with E-state index in [0.717, 1.165) is 17.1 Å². The molecular weight excluding hydrogens is 449 g/mol. The van der Waals surface area contributed by atoms with Crippen LogP contribution in [0.25, 0.3) is 0 Å². The van der Waals surface area contributed by atoms with E-state index in [1.165, 1.54) is 0 Å². The molecule has 3 rings (SSSR count). The van der Waals surface area contributed by atoms with Gasteiger partial charge in [0.05, 0.1) is 12.8 Å². The molecule has 0 aliphatic carbocycles. The zero-order valence-corrected chi connectivity index (χ0v) is 17.4. The standard InChI is InChI=1S/C18H23N3O4.HI/c1-18(22,16-5-4-8-23-16)11-20-17(19-2)21(3)10-13-6-7-14-15(9-13)25-12-24-14;/h4-9,22H,10-12H2,1-3H3,(H,19,20);1H. The van der Waals surface area contributed by atoms with Crippen molar-refractivity contribution >= 4 is 29.9 Å². The maximum Gasteiger partial charge on any atom is 0.231 e. The lowest BCUT2D eigenvalue weighted by Crippen LogP contribution is -2.44.